The summed E-state index contributed by atoms with van der Waals surface area (Å²) in [6.07, 6.45) is 6.02. The van der Waals surface area contributed by atoms with Crippen molar-refractivity contribution in [2.75, 3.05) is 0 Å². The summed E-state index contributed by atoms with van der Waals surface area (Å²) in [6, 6.07) is 6.92. The Labute approximate surface area is 97.8 Å². The van der Waals surface area contributed by atoms with Crippen LogP contribution in [0, 0.1) is 11.3 Å². The number of Topliss-reactive ketones (excluding diaryl/α,β-unsaturated/α-hetero) is 1. The number of carbonyl (C=O) groups is 1. The van der Waals surface area contributed by atoms with Gasteiger partial charge >= 0.3 is 0 Å². The van der Waals surface area contributed by atoms with Crippen LogP contribution in [-0.2, 0) is 0 Å². The van der Waals surface area contributed by atoms with E-state index < -0.39 is 11.7 Å². The minimum atomic E-state index is -0.911. The molecule has 2 rings (SSSR count). The quantitative estimate of drug-likeness (QED) is 0.735. The van der Waals surface area contributed by atoms with Crippen molar-refractivity contribution in [3.63, 3.8) is 0 Å². The third-order valence-electron chi connectivity index (χ3n) is 2.20. The molecule has 2 aromatic rings. The maximum Gasteiger partial charge on any atom is 0.221 e. The zero-order chi connectivity index (χ0) is 12.1. The maximum absolute atomic E-state index is 12.0. The molecule has 0 spiro atoms. The predicted molar refractivity (Wildman–Crippen MR) is 59.0 cm³/mol. The van der Waals surface area contributed by atoms with E-state index in [1.165, 1.54) is 18.6 Å². The maximum atomic E-state index is 12.0. The minimum absolute atomic E-state index is 0.0444. The largest absolute Gasteiger partial charge is 0.289 e. The molecule has 0 saturated heterocycles. The van der Waals surface area contributed by atoms with Crippen molar-refractivity contribution >= 4 is 5.78 Å². The van der Waals surface area contributed by atoms with Gasteiger partial charge in [-0.05, 0) is 17.7 Å². The zero-order valence-corrected chi connectivity index (χ0v) is 8.82. The third-order valence-corrected chi connectivity index (χ3v) is 2.20. The molecule has 1 atom stereocenters. The second kappa shape index (κ2) is 4.94. The number of nitriles is 1. The molecule has 0 saturated carbocycles. The van der Waals surface area contributed by atoms with E-state index in [9.17, 15) is 4.79 Å². The summed E-state index contributed by atoms with van der Waals surface area (Å²) < 4.78 is 0. The average Bonchev–Trinajstić information content (AvgIpc) is 2.42. The number of carbonyl (C=O) groups excluding carboxylic acids is 1. The van der Waals surface area contributed by atoms with Crippen LogP contribution in [-0.4, -0.2) is 20.7 Å². The van der Waals surface area contributed by atoms with Gasteiger partial charge in [-0.25, -0.2) is 9.97 Å². The summed E-state index contributed by atoms with van der Waals surface area (Å²) in [5, 5.41) is 9.06. The second-order valence-corrected chi connectivity index (χ2v) is 3.29. The molecular formula is C12H8N4O. The SMILES string of the molecule is N#CC(C(=O)c1ncccn1)c1cccnc1. The van der Waals surface area contributed by atoms with Gasteiger partial charge in [0, 0.05) is 24.8 Å². The number of hydrogen-bond donors (Lipinski definition) is 0. The number of rotatable bonds is 3. The van der Waals surface area contributed by atoms with Gasteiger partial charge in [-0.2, -0.15) is 5.26 Å². The van der Waals surface area contributed by atoms with E-state index in [-0.39, 0.29) is 5.82 Å². The fraction of sp³-hybridized carbons (Fsp3) is 0.0833. The monoisotopic (exact) mass is 224 g/mol. The molecule has 0 amide bonds. The van der Waals surface area contributed by atoms with Crippen molar-refractivity contribution in [1.29, 1.82) is 5.26 Å². The summed E-state index contributed by atoms with van der Waals surface area (Å²) >= 11 is 0. The number of aromatic nitrogens is 3. The highest BCUT2D eigenvalue weighted by molar-refractivity contribution is 5.99. The fourth-order valence-electron chi connectivity index (χ4n) is 1.39. The first-order chi connectivity index (χ1) is 8.33. The molecule has 0 N–H and O–H groups in total. The summed E-state index contributed by atoms with van der Waals surface area (Å²) in [4.78, 5) is 23.6. The molecule has 0 aliphatic heterocycles. The molecule has 0 fully saturated rings. The van der Waals surface area contributed by atoms with Gasteiger partial charge in [-0.1, -0.05) is 6.07 Å². The summed E-state index contributed by atoms with van der Waals surface area (Å²) in [5.41, 5.74) is 0.549. The van der Waals surface area contributed by atoms with E-state index >= 15 is 0 Å². The highest BCUT2D eigenvalue weighted by Crippen LogP contribution is 2.17. The molecular weight excluding hydrogens is 216 g/mol. The van der Waals surface area contributed by atoms with Crippen molar-refractivity contribution in [3.8, 4) is 6.07 Å². The minimum Gasteiger partial charge on any atom is -0.289 e. The van der Waals surface area contributed by atoms with E-state index in [2.05, 4.69) is 15.0 Å². The molecule has 1 unspecified atom stereocenters. The molecule has 0 aliphatic carbocycles. The molecule has 2 aromatic heterocycles. The second-order valence-electron chi connectivity index (χ2n) is 3.29. The Morgan fingerprint density at radius 3 is 2.59 bits per heavy atom. The number of nitrogens with zero attached hydrogens (tertiary/aromatic N) is 4. The molecule has 0 bridgehead atoms. The van der Waals surface area contributed by atoms with Crippen LogP contribution in [0.2, 0.25) is 0 Å². The number of hydrogen-bond acceptors (Lipinski definition) is 5. The van der Waals surface area contributed by atoms with E-state index in [4.69, 9.17) is 5.26 Å². The van der Waals surface area contributed by atoms with Crippen LogP contribution in [0.3, 0.4) is 0 Å². The topological polar surface area (TPSA) is 79.5 Å². The van der Waals surface area contributed by atoms with Crippen molar-refractivity contribution in [3.05, 3.63) is 54.4 Å². The van der Waals surface area contributed by atoms with Crippen molar-refractivity contribution in [1.82, 2.24) is 15.0 Å². The van der Waals surface area contributed by atoms with Gasteiger partial charge in [0.05, 0.1) is 6.07 Å². The highest BCUT2D eigenvalue weighted by atomic mass is 16.1. The first kappa shape index (κ1) is 10.9. The van der Waals surface area contributed by atoms with Crippen molar-refractivity contribution in [2.24, 2.45) is 0 Å². The van der Waals surface area contributed by atoms with Gasteiger partial charge in [0.2, 0.25) is 5.78 Å². The lowest BCUT2D eigenvalue weighted by molar-refractivity contribution is 0.0968. The van der Waals surface area contributed by atoms with Crippen LogP contribution in [0.4, 0.5) is 0 Å². The molecule has 17 heavy (non-hydrogen) atoms. The summed E-state index contributed by atoms with van der Waals surface area (Å²) in [6.45, 7) is 0. The van der Waals surface area contributed by atoms with E-state index in [0.717, 1.165) is 0 Å². The highest BCUT2D eigenvalue weighted by Gasteiger charge is 2.23. The fourth-order valence-corrected chi connectivity index (χ4v) is 1.39. The van der Waals surface area contributed by atoms with Crippen LogP contribution in [0.1, 0.15) is 22.1 Å². The van der Waals surface area contributed by atoms with E-state index in [0.29, 0.717) is 5.56 Å². The van der Waals surface area contributed by atoms with Crippen LogP contribution in [0.15, 0.2) is 43.0 Å². The van der Waals surface area contributed by atoms with Gasteiger partial charge in [0.15, 0.2) is 5.82 Å². The molecule has 0 radical (unpaired) electrons. The number of pyridine rings is 1. The smallest absolute Gasteiger partial charge is 0.221 e. The lowest BCUT2D eigenvalue weighted by Gasteiger charge is -2.05. The molecule has 5 nitrogen and oxygen atoms in total. The molecule has 0 aromatic carbocycles. The first-order valence-electron chi connectivity index (χ1n) is 4.93. The van der Waals surface area contributed by atoms with Crippen molar-refractivity contribution < 1.29 is 4.79 Å². The Bertz CT molecular complexity index is 548. The van der Waals surface area contributed by atoms with Crippen molar-refractivity contribution in [2.45, 2.75) is 5.92 Å². The zero-order valence-electron chi connectivity index (χ0n) is 8.82. The molecule has 5 heteroatoms. The van der Waals surface area contributed by atoms with Crippen LogP contribution in [0.25, 0.3) is 0 Å². The van der Waals surface area contributed by atoms with E-state index in [1.807, 2.05) is 6.07 Å². The lowest BCUT2D eigenvalue weighted by atomic mass is 9.97. The Morgan fingerprint density at radius 1 is 1.24 bits per heavy atom. The van der Waals surface area contributed by atoms with Crippen LogP contribution < -0.4 is 0 Å². The Kier molecular flexibility index (Phi) is 3.17. The Hall–Kier alpha value is -2.61. The molecule has 82 valence electrons. The first-order valence-corrected chi connectivity index (χ1v) is 4.93. The Balaban J connectivity index is 2.33. The summed E-state index contributed by atoms with van der Waals surface area (Å²) in [5.74, 6) is -1.28. The van der Waals surface area contributed by atoms with Gasteiger partial charge in [0.25, 0.3) is 0 Å². The van der Waals surface area contributed by atoms with Crippen LogP contribution in [0.5, 0.6) is 0 Å². The van der Waals surface area contributed by atoms with E-state index in [1.54, 1.807) is 24.4 Å². The van der Waals surface area contributed by atoms with Gasteiger partial charge in [-0.15, -0.1) is 0 Å². The third kappa shape index (κ3) is 2.32. The van der Waals surface area contributed by atoms with Gasteiger partial charge in [0.1, 0.15) is 5.92 Å². The predicted octanol–water partition coefficient (Wildman–Crippen LogP) is 1.36. The summed E-state index contributed by atoms with van der Waals surface area (Å²) in [7, 11) is 0. The average molecular weight is 224 g/mol. The van der Waals surface area contributed by atoms with Gasteiger partial charge < -0.3 is 0 Å². The lowest BCUT2D eigenvalue weighted by Crippen LogP contribution is -2.14. The molecule has 0 aliphatic rings. The normalized spacial score (nSPS) is 11.5. The van der Waals surface area contributed by atoms with Crippen LogP contribution >= 0.6 is 0 Å². The van der Waals surface area contributed by atoms with Gasteiger partial charge in [-0.3, -0.25) is 9.78 Å². The standard InChI is InChI=1S/C12H8N4O/c13-7-10(9-3-1-4-14-8-9)11(17)12-15-5-2-6-16-12/h1-6,8,10H. The molecule has 2 heterocycles. The Morgan fingerprint density at radius 2 is 2.00 bits per heavy atom. The number of ketones is 1.